The Morgan fingerprint density at radius 3 is 2.76 bits per heavy atom. The molecule has 3 nitrogen and oxygen atoms in total. The lowest BCUT2D eigenvalue weighted by Gasteiger charge is -2.23. The summed E-state index contributed by atoms with van der Waals surface area (Å²) in [4.78, 5) is 13.6. The molecule has 1 fully saturated rings. The van der Waals surface area contributed by atoms with E-state index in [0.29, 0.717) is 6.42 Å². The SMILES string of the molecule is Cc1cc(N2C(=O)CC(C#N)C2C)ccc1Br. The molecule has 0 saturated carbocycles. The van der Waals surface area contributed by atoms with Crippen LogP contribution in [0.2, 0.25) is 0 Å². The predicted molar refractivity (Wildman–Crippen MR) is 69.5 cm³/mol. The third kappa shape index (κ3) is 2.07. The van der Waals surface area contributed by atoms with Crippen molar-refractivity contribution in [2.45, 2.75) is 26.3 Å². The first-order valence-electron chi connectivity index (χ1n) is 5.52. The zero-order valence-electron chi connectivity index (χ0n) is 9.77. The number of carbonyl (C=O) groups is 1. The summed E-state index contributed by atoms with van der Waals surface area (Å²) in [6.45, 7) is 3.91. The van der Waals surface area contributed by atoms with Gasteiger partial charge in [0.25, 0.3) is 0 Å². The second-order valence-corrected chi connectivity index (χ2v) is 5.23. The lowest BCUT2D eigenvalue weighted by atomic mass is 10.0. The highest BCUT2D eigenvalue weighted by atomic mass is 79.9. The summed E-state index contributed by atoms with van der Waals surface area (Å²) < 4.78 is 1.03. The fourth-order valence-corrected chi connectivity index (χ4v) is 2.42. The molecule has 1 aliphatic rings. The molecular weight excluding hydrogens is 280 g/mol. The second kappa shape index (κ2) is 4.50. The standard InChI is InChI=1S/C13H13BrN2O/c1-8-5-11(3-4-12(8)14)16-9(2)10(7-15)6-13(16)17/h3-5,9-10H,6H2,1-2H3. The summed E-state index contributed by atoms with van der Waals surface area (Å²) in [5, 5.41) is 8.98. The number of nitrogens with zero attached hydrogens (tertiary/aromatic N) is 2. The van der Waals surface area contributed by atoms with Crippen LogP contribution in [-0.4, -0.2) is 11.9 Å². The van der Waals surface area contributed by atoms with Crippen molar-refractivity contribution in [2.75, 3.05) is 4.90 Å². The van der Waals surface area contributed by atoms with E-state index in [0.717, 1.165) is 15.7 Å². The van der Waals surface area contributed by atoms with Gasteiger partial charge in [-0.15, -0.1) is 0 Å². The Labute approximate surface area is 109 Å². The molecule has 1 amide bonds. The van der Waals surface area contributed by atoms with Crippen molar-refractivity contribution in [3.05, 3.63) is 28.2 Å². The van der Waals surface area contributed by atoms with Gasteiger partial charge in [-0.3, -0.25) is 4.79 Å². The van der Waals surface area contributed by atoms with E-state index in [-0.39, 0.29) is 17.9 Å². The molecule has 1 saturated heterocycles. The normalized spacial score (nSPS) is 23.9. The van der Waals surface area contributed by atoms with Gasteiger partial charge in [0.05, 0.1) is 18.0 Å². The summed E-state index contributed by atoms with van der Waals surface area (Å²) >= 11 is 3.44. The summed E-state index contributed by atoms with van der Waals surface area (Å²) in [6, 6.07) is 7.96. The van der Waals surface area contributed by atoms with Crippen LogP contribution in [-0.2, 0) is 4.79 Å². The summed E-state index contributed by atoms with van der Waals surface area (Å²) in [5.74, 6) is -0.169. The number of hydrogen-bond acceptors (Lipinski definition) is 2. The van der Waals surface area contributed by atoms with Crippen molar-refractivity contribution in [3.63, 3.8) is 0 Å². The Kier molecular flexibility index (Phi) is 3.21. The molecule has 1 aromatic carbocycles. The molecule has 0 radical (unpaired) electrons. The lowest BCUT2D eigenvalue weighted by Crippen LogP contribution is -2.32. The number of aryl methyl sites for hydroxylation is 1. The maximum Gasteiger partial charge on any atom is 0.228 e. The highest BCUT2D eigenvalue weighted by Gasteiger charge is 2.37. The zero-order valence-corrected chi connectivity index (χ0v) is 11.4. The molecule has 2 atom stereocenters. The Hall–Kier alpha value is -1.34. The van der Waals surface area contributed by atoms with Crippen LogP contribution >= 0.6 is 15.9 Å². The molecule has 2 rings (SSSR count). The molecule has 0 aromatic heterocycles. The first kappa shape index (κ1) is 12.1. The van der Waals surface area contributed by atoms with Gasteiger partial charge in [-0.25, -0.2) is 0 Å². The average molecular weight is 293 g/mol. The molecule has 1 heterocycles. The van der Waals surface area contributed by atoms with Gasteiger partial charge in [0.15, 0.2) is 0 Å². The maximum atomic E-state index is 11.9. The second-order valence-electron chi connectivity index (χ2n) is 4.38. The lowest BCUT2D eigenvalue weighted by molar-refractivity contribution is -0.117. The van der Waals surface area contributed by atoms with Crippen LogP contribution in [0.1, 0.15) is 18.9 Å². The summed E-state index contributed by atoms with van der Waals surface area (Å²) in [6.07, 6.45) is 0.326. The van der Waals surface area contributed by atoms with Gasteiger partial charge >= 0.3 is 0 Å². The number of anilines is 1. The molecule has 0 aliphatic carbocycles. The monoisotopic (exact) mass is 292 g/mol. The van der Waals surface area contributed by atoms with Crippen molar-refractivity contribution in [2.24, 2.45) is 5.92 Å². The minimum absolute atomic E-state index is 0.0331. The van der Waals surface area contributed by atoms with Crippen LogP contribution in [0.5, 0.6) is 0 Å². The van der Waals surface area contributed by atoms with E-state index in [4.69, 9.17) is 5.26 Å². The van der Waals surface area contributed by atoms with Crippen LogP contribution in [0.15, 0.2) is 22.7 Å². The van der Waals surface area contributed by atoms with E-state index in [2.05, 4.69) is 22.0 Å². The number of nitriles is 1. The van der Waals surface area contributed by atoms with E-state index in [1.54, 1.807) is 4.90 Å². The van der Waals surface area contributed by atoms with Crippen LogP contribution < -0.4 is 4.90 Å². The number of hydrogen-bond donors (Lipinski definition) is 0. The van der Waals surface area contributed by atoms with Crippen LogP contribution in [0.25, 0.3) is 0 Å². The van der Waals surface area contributed by atoms with Gasteiger partial charge in [0.2, 0.25) is 5.91 Å². The quantitative estimate of drug-likeness (QED) is 0.799. The van der Waals surface area contributed by atoms with Crippen LogP contribution in [0.3, 0.4) is 0 Å². The first-order chi connectivity index (χ1) is 8.04. The molecule has 0 bridgehead atoms. The summed E-state index contributed by atoms with van der Waals surface area (Å²) in [5.41, 5.74) is 1.96. The van der Waals surface area contributed by atoms with E-state index in [1.165, 1.54) is 0 Å². The van der Waals surface area contributed by atoms with E-state index in [9.17, 15) is 4.79 Å². The van der Waals surface area contributed by atoms with Gasteiger partial charge < -0.3 is 4.90 Å². The average Bonchev–Trinajstić information content (AvgIpc) is 2.58. The van der Waals surface area contributed by atoms with Crippen molar-refractivity contribution < 1.29 is 4.79 Å². The fourth-order valence-electron chi connectivity index (χ4n) is 2.18. The number of amides is 1. The van der Waals surface area contributed by atoms with Gasteiger partial charge in [0, 0.05) is 16.6 Å². The minimum atomic E-state index is -0.202. The largest absolute Gasteiger partial charge is 0.308 e. The third-order valence-corrected chi connectivity index (χ3v) is 4.13. The predicted octanol–water partition coefficient (Wildman–Crippen LogP) is 3.02. The van der Waals surface area contributed by atoms with Crippen molar-refractivity contribution in [3.8, 4) is 6.07 Å². The Morgan fingerprint density at radius 2 is 2.24 bits per heavy atom. The molecule has 88 valence electrons. The van der Waals surface area contributed by atoms with Gasteiger partial charge in [-0.1, -0.05) is 15.9 Å². The number of carbonyl (C=O) groups excluding carboxylic acids is 1. The van der Waals surface area contributed by atoms with Gasteiger partial charge in [-0.05, 0) is 37.6 Å². The fraction of sp³-hybridized carbons (Fsp3) is 0.385. The van der Waals surface area contributed by atoms with Crippen molar-refractivity contribution in [1.82, 2.24) is 0 Å². The molecular formula is C13H13BrN2O. The number of halogens is 1. The van der Waals surface area contributed by atoms with Crippen LogP contribution in [0, 0.1) is 24.2 Å². The Morgan fingerprint density at radius 1 is 1.53 bits per heavy atom. The van der Waals surface area contributed by atoms with E-state index in [1.807, 2.05) is 32.0 Å². The Bertz CT molecular complexity index is 507. The molecule has 17 heavy (non-hydrogen) atoms. The molecule has 0 N–H and O–H groups in total. The highest BCUT2D eigenvalue weighted by Crippen LogP contribution is 2.32. The molecule has 1 aliphatic heterocycles. The first-order valence-corrected chi connectivity index (χ1v) is 6.31. The topological polar surface area (TPSA) is 44.1 Å². The maximum absolute atomic E-state index is 11.9. The van der Waals surface area contributed by atoms with Gasteiger partial charge in [-0.2, -0.15) is 5.26 Å². The third-order valence-electron chi connectivity index (χ3n) is 3.24. The molecule has 1 aromatic rings. The number of benzene rings is 1. The van der Waals surface area contributed by atoms with E-state index < -0.39 is 0 Å². The van der Waals surface area contributed by atoms with Crippen molar-refractivity contribution >= 4 is 27.5 Å². The number of rotatable bonds is 1. The minimum Gasteiger partial charge on any atom is -0.308 e. The molecule has 4 heteroatoms. The smallest absolute Gasteiger partial charge is 0.228 e. The van der Waals surface area contributed by atoms with Gasteiger partial charge in [0.1, 0.15) is 0 Å². The Balaban J connectivity index is 2.37. The van der Waals surface area contributed by atoms with Crippen molar-refractivity contribution in [1.29, 1.82) is 5.26 Å². The highest BCUT2D eigenvalue weighted by molar-refractivity contribution is 9.10. The zero-order chi connectivity index (χ0) is 12.6. The summed E-state index contributed by atoms with van der Waals surface area (Å²) in [7, 11) is 0. The molecule has 2 unspecified atom stereocenters. The van der Waals surface area contributed by atoms with Crippen LogP contribution in [0.4, 0.5) is 5.69 Å². The van der Waals surface area contributed by atoms with E-state index >= 15 is 0 Å². The molecule has 0 spiro atoms.